The number of aromatic nitrogens is 2. The van der Waals surface area contributed by atoms with Crippen LogP contribution in [0.4, 0.5) is 0 Å². The normalized spacial score (nSPS) is 12.9. The summed E-state index contributed by atoms with van der Waals surface area (Å²) in [4.78, 5) is 0. The molecule has 0 amide bonds. The number of rotatable bonds is 6. The fraction of sp³-hybridized carbons (Fsp3) is 0.129. The maximum atomic E-state index is 2.28. The van der Waals surface area contributed by atoms with Gasteiger partial charge in [-0.15, -0.1) is 0 Å². The van der Waals surface area contributed by atoms with Gasteiger partial charge in [0.25, 0.3) is 6.33 Å². The van der Waals surface area contributed by atoms with Crippen molar-refractivity contribution in [2.45, 2.75) is 25.7 Å². The van der Waals surface area contributed by atoms with Crippen LogP contribution in [0.25, 0.3) is 11.4 Å². The van der Waals surface area contributed by atoms with Gasteiger partial charge in [-0.25, -0.2) is 9.13 Å². The van der Waals surface area contributed by atoms with Gasteiger partial charge >= 0.3 is 0 Å². The largest absolute Gasteiger partial charge is 0.254 e. The minimum absolute atomic E-state index is 0.309. The predicted molar refractivity (Wildman–Crippen MR) is 135 cm³/mol. The summed E-state index contributed by atoms with van der Waals surface area (Å²) in [5.41, 5.74) is 7.70. The van der Waals surface area contributed by atoms with E-state index < -0.39 is 0 Å². The Morgan fingerprint density at radius 2 is 1.09 bits per heavy atom. The lowest BCUT2D eigenvalue weighted by molar-refractivity contribution is -0.595. The van der Waals surface area contributed by atoms with Crippen LogP contribution in [-0.2, 0) is 0 Å². The molecule has 0 saturated heterocycles. The Balaban J connectivity index is 1.52. The third kappa shape index (κ3) is 4.25. The van der Waals surface area contributed by atoms with E-state index in [4.69, 9.17) is 0 Å². The number of nitrogens with zero attached hydrogens (tertiary/aromatic N) is 2. The van der Waals surface area contributed by atoms with Gasteiger partial charge in [0.2, 0.25) is 0 Å². The molecule has 0 aliphatic rings. The lowest BCUT2D eigenvalue weighted by Crippen LogP contribution is -2.29. The zero-order valence-corrected chi connectivity index (χ0v) is 19.2. The van der Waals surface area contributed by atoms with Gasteiger partial charge in [-0.3, -0.25) is 0 Å². The molecule has 4 aromatic carbocycles. The number of benzene rings is 4. The van der Waals surface area contributed by atoms with Crippen LogP contribution in [0.1, 0.15) is 47.9 Å². The third-order valence-corrected chi connectivity index (χ3v) is 6.60. The molecule has 1 heterocycles. The standard InChI is InChI=1S/C31H29N2/c1-24(26-13-5-3-6-14-26)28-17-9-11-19-30(28)32-21-22-33(23-32)31-20-12-10-18-29(31)25(2)27-15-7-4-8-16-27/h3-25H,1-2H3/q+1/t24-,25-/m1/s1. The van der Waals surface area contributed by atoms with Gasteiger partial charge in [0, 0.05) is 23.0 Å². The van der Waals surface area contributed by atoms with Crippen LogP contribution in [0, 0.1) is 0 Å². The van der Waals surface area contributed by atoms with Gasteiger partial charge in [0.05, 0.1) is 0 Å². The zero-order chi connectivity index (χ0) is 22.6. The Morgan fingerprint density at radius 1 is 0.576 bits per heavy atom. The summed E-state index contributed by atoms with van der Waals surface area (Å²) in [6, 6.07) is 38.8. The summed E-state index contributed by atoms with van der Waals surface area (Å²) in [5.74, 6) is 0.618. The average Bonchev–Trinajstić information content (AvgIpc) is 3.39. The average molecular weight is 430 g/mol. The van der Waals surface area contributed by atoms with Crippen LogP contribution in [-0.4, -0.2) is 4.57 Å². The molecule has 2 nitrogen and oxygen atoms in total. The van der Waals surface area contributed by atoms with Crippen molar-refractivity contribution in [1.82, 2.24) is 4.57 Å². The SMILES string of the molecule is C[C@H](c1ccccc1)c1ccccc1-n1cc[n+](-c2ccccc2[C@H](C)c2ccccc2)c1. The van der Waals surface area contributed by atoms with E-state index >= 15 is 0 Å². The van der Waals surface area contributed by atoms with Crippen molar-refractivity contribution >= 4 is 0 Å². The van der Waals surface area contributed by atoms with E-state index in [1.165, 1.54) is 33.6 Å². The molecule has 2 atom stereocenters. The summed E-state index contributed by atoms with van der Waals surface area (Å²) >= 11 is 0. The van der Waals surface area contributed by atoms with Crippen molar-refractivity contribution in [2.24, 2.45) is 0 Å². The Bertz CT molecular complexity index is 1230. The number of imidazole rings is 1. The van der Waals surface area contributed by atoms with Gasteiger partial charge in [-0.1, -0.05) is 111 Å². The van der Waals surface area contributed by atoms with Crippen molar-refractivity contribution in [1.29, 1.82) is 0 Å². The molecule has 0 bridgehead atoms. The molecular formula is C31H29N2+. The number of hydrogen-bond acceptors (Lipinski definition) is 0. The van der Waals surface area contributed by atoms with Crippen molar-refractivity contribution in [3.63, 3.8) is 0 Å². The minimum atomic E-state index is 0.309. The van der Waals surface area contributed by atoms with E-state index in [1.807, 2.05) is 0 Å². The first-order valence-corrected chi connectivity index (χ1v) is 11.6. The molecule has 0 radical (unpaired) electrons. The van der Waals surface area contributed by atoms with Crippen LogP contribution < -0.4 is 4.57 Å². The van der Waals surface area contributed by atoms with Crippen LogP contribution in [0.2, 0.25) is 0 Å². The Hall–Kier alpha value is -3.91. The second kappa shape index (κ2) is 9.30. The lowest BCUT2D eigenvalue weighted by atomic mass is 9.92. The van der Waals surface area contributed by atoms with E-state index in [9.17, 15) is 0 Å². The minimum Gasteiger partial charge on any atom is -0.202 e. The Morgan fingerprint density at radius 3 is 1.76 bits per heavy atom. The maximum Gasteiger partial charge on any atom is 0.254 e. The number of para-hydroxylation sites is 2. The molecule has 0 unspecified atom stereocenters. The van der Waals surface area contributed by atoms with Gasteiger partial charge in [0.1, 0.15) is 23.8 Å². The molecule has 5 rings (SSSR count). The second-order valence-electron chi connectivity index (χ2n) is 8.61. The Labute approximate surface area is 196 Å². The molecule has 0 spiro atoms. The predicted octanol–water partition coefficient (Wildman–Crippen LogP) is 7.06. The van der Waals surface area contributed by atoms with Gasteiger partial charge in [-0.05, 0) is 23.3 Å². The maximum absolute atomic E-state index is 2.28. The van der Waals surface area contributed by atoms with Crippen molar-refractivity contribution in [2.75, 3.05) is 0 Å². The lowest BCUT2D eigenvalue weighted by Gasteiger charge is -2.15. The summed E-state index contributed by atoms with van der Waals surface area (Å²) in [7, 11) is 0. The molecule has 0 fully saturated rings. The highest BCUT2D eigenvalue weighted by Crippen LogP contribution is 2.30. The molecule has 5 aromatic rings. The molecule has 2 heteroatoms. The van der Waals surface area contributed by atoms with E-state index in [0.717, 1.165) is 0 Å². The van der Waals surface area contributed by atoms with Crippen molar-refractivity contribution < 1.29 is 4.57 Å². The quantitative estimate of drug-likeness (QED) is 0.256. The second-order valence-corrected chi connectivity index (χ2v) is 8.61. The van der Waals surface area contributed by atoms with Crippen molar-refractivity contribution in [3.8, 4) is 11.4 Å². The molecule has 1 aromatic heterocycles. The monoisotopic (exact) mass is 429 g/mol. The molecule has 0 saturated carbocycles. The summed E-state index contributed by atoms with van der Waals surface area (Å²) < 4.78 is 4.47. The first-order chi connectivity index (χ1) is 16.2. The van der Waals surface area contributed by atoms with Crippen LogP contribution in [0.3, 0.4) is 0 Å². The van der Waals surface area contributed by atoms with E-state index in [1.54, 1.807) is 0 Å². The van der Waals surface area contributed by atoms with Crippen LogP contribution in [0.15, 0.2) is 128 Å². The first-order valence-electron chi connectivity index (χ1n) is 11.6. The molecular weight excluding hydrogens is 400 g/mol. The first kappa shape index (κ1) is 21.0. The molecule has 0 N–H and O–H groups in total. The molecule has 0 aliphatic heterocycles. The van der Waals surface area contributed by atoms with Crippen LogP contribution in [0.5, 0.6) is 0 Å². The highest BCUT2D eigenvalue weighted by atomic mass is 15.1. The fourth-order valence-corrected chi connectivity index (χ4v) is 4.66. The summed E-state index contributed by atoms with van der Waals surface area (Å²) in [6.07, 6.45) is 6.49. The van der Waals surface area contributed by atoms with Crippen molar-refractivity contribution in [3.05, 3.63) is 150 Å². The highest BCUT2D eigenvalue weighted by molar-refractivity contribution is 5.47. The molecule has 162 valence electrons. The summed E-state index contributed by atoms with van der Waals surface area (Å²) in [5, 5.41) is 0. The Kier molecular flexibility index (Phi) is 5.91. The van der Waals surface area contributed by atoms with E-state index in [-0.39, 0.29) is 0 Å². The fourth-order valence-electron chi connectivity index (χ4n) is 4.66. The zero-order valence-electron chi connectivity index (χ0n) is 19.2. The van der Waals surface area contributed by atoms with Gasteiger partial charge in [0.15, 0.2) is 0 Å². The molecule has 33 heavy (non-hydrogen) atoms. The number of hydrogen-bond donors (Lipinski definition) is 0. The van der Waals surface area contributed by atoms with E-state index in [2.05, 4.69) is 151 Å². The van der Waals surface area contributed by atoms with Gasteiger partial charge in [-0.2, -0.15) is 0 Å². The summed E-state index contributed by atoms with van der Waals surface area (Å²) in [6.45, 7) is 4.56. The topological polar surface area (TPSA) is 8.81 Å². The smallest absolute Gasteiger partial charge is 0.202 e. The molecule has 0 aliphatic carbocycles. The third-order valence-electron chi connectivity index (χ3n) is 6.60. The van der Waals surface area contributed by atoms with Gasteiger partial charge < -0.3 is 0 Å². The van der Waals surface area contributed by atoms with E-state index in [0.29, 0.717) is 11.8 Å². The van der Waals surface area contributed by atoms with Crippen LogP contribution >= 0.6 is 0 Å². The highest BCUT2D eigenvalue weighted by Gasteiger charge is 2.20.